The summed E-state index contributed by atoms with van der Waals surface area (Å²) in [5, 5.41) is 12.0. The number of allylic oxidation sites excluding steroid dienone is 1. The van der Waals surface area contributed by atoms with Crippen molar-refractivity contribution < 1.29 is 8.83 Å². The molecule has 0 atom stereocenters. The van der Waals surface area contributed by atoms with Crippen LogP contribution in [0.15, 0.2) is 73.5 Å². The first-order chi connectivity index (χ1) is 12.7. The maximum Gasteiger partial charge on any atom is 0.153 e. The zero-order chi connectivity index (χ0) is 17.9. The first kappa shape index (κ1) is 16.6. The molecule has 4 rings (SSSR count). The van der Waals surface area contributed by atoms with E-state index in [1.807, 2.05) is 53.9 Å². The Morgan fingerprint density at radius 3 is 2.69 bits per heavy atom. The molecular formula is C20H11BrN2O2S. The molecule has 0 radical (unpaired) electrons. The highest BCUT2D eigenvalue weighted by atomic mass is 79.9. The Hall–Kier alpha value is -2.88. The number of hydrogen-bond donors (Lipinski definition) is 0. The maximum absolute atomic E-state index is 9.51. The van der Waals surface area contributed by atoms with E-state index in [9.17, 15) is 5.26 Å². The van der Waals surface area contributed by atoms with E-state index in [0.717, 1.165) is 15.8 Å². The molecule has 0 aliphatic heterocycles. The minimum atomic E-state index is 0.449. The van der Waals surface area contributed by atoms with Crippen LogP contribution in [0.5, 0.6) is 0 Å². The molecule has 0 unspecified atom stereocenters. The van der Waals surface area contributed by atoms with Gasteiger partial charge in [-0.3, -0.25) is 0 Å². The van der Waals surface area contributed by atoms with Crippen molar-refractivity contribution in [3.05, 3.63) is 75.4 Å². The van der Waals surface area contributed by atoms with E-state index < -0.39 is 0 Å². The molecule has 0 bridgehead atoms. The van der Waals surface area contributed by atoms with Gasteiger partial charge in [0.05, 0.1) is 11.8 Å². The summed E-state index contributed by atoms with van der Waals surface area (Å²) in [6.07, 6.45) is 3.30. The number of nitrogens with zero attached hydrogens (tertiary/aromatic N) is 2. The molecule has 6 heteroatoms. The largest absolute Gasteiger partial charge is 0.463 e. The minimum absolute atomic E-state index is 0.449. The van der Waals surface area contributed by atoms with Crippen LogP contribution < -0.4 is 0 Å². The fraction of sp³-hybridized carbons (Fsp3) is 0. The molecular weight excluding hydrogens is 412 g/mol. The van der Waals surface area contributed by atoms with E-state index in [0.29, 0.717) is 27.8 Å². The van der Waals surface area contributed by atoms with Crippen LogP contribution in [-0.2, 0) is 0 Å². The van der Waals surface area contributed by atoms with E-state index in [2.05, 4.69) is 27.0 Å². The molecule has 3 heterocycles. The van der Waals surface area contributed by atoms with Crippen molar-refractivity contribution >= 4 is 38.9 Å². The zero-order valence-electron chi connectivity index (χ0n) is 13.3. The monoisotopic (exact) mass is 422 g/mol. The average Bonchev–Trinajstić information content (AvgIpc) is 3.40. The summed E-state index contributed by atoms with van der Waals surface area (Å²) in [6, 6.07) is 17.4. The van der Waals surface area contributed by atoms with Gasteiger partial charge in [-0.1, -0.05) is 28.1 Å². The Bertz CT molecular complexity index is 1100. The number of thiazole rings is 1. The number of aromatic nitrogens is 1. The minimum Gasteiger partial charge on any atom is -0.463 e. The Kier molecular flexibility index (Phi) is 4.57. The lowest BCUT2D eigenvalue weighted by molar-refractivity contribution is 0.572. The number of nitriles is 1. The number of furan rings is 2. The van der Waals surface area contributed by atoms with Crippen molar-refractivity contribution in [2.24, 2.45) is 0 Å². The molecule has 0 spiro atoms. The maximum atomic E-state index is 9.51. The van der Waals surface area contributed by atoms with Crippen LogP contribution in [0.4, 0.5) is 0 Å². The highest BCUT2D eigenvalue weighted by Gasteiger charge is 2.12. The summed E-state index contributed by atoms with van der Waals surface area (Å²) in [4.78, 5) is 4.48. The van der Waals surface area contributed by atoms with Crippen LogP contribution >= 0.6 is 27.3 Å². The number of halogens is 1. The first-order valence-corrected chi connectivity index (χ1v) is 9.37. The molecule has 4 nitrogen and oxygen atoms in total. The van der Waals surface area contributed by atoms with Gasteiger partial charge in [-0.05, 0) is 36.4 Å². The second-order valence-electron chi connectivity index (χ2n) is 5.39. The summed E-state index contributed by atoms with van der Waals surface area (Å²) < 4.78 is 12.2. The van der Waals surface area contributed by atoms with Gasteiger partial charge in [0.15, 0.2) is 5.76 Å². The van der Waals surface area contributed by atoms with Crippen molar-refractivity contribution in [1.82, 2.24) is 4.98 Å². The molecule has 4 aromatic rings. The van der Waals surface area contributed by atoms with Gasteiger partial charge in [0.25, 0.3) is 0 Å². The molecule has 0 aliphatic rings. The van der Waals surface area contributed by atoms with Gasteiger partial charge in [-0.25, -0.2) is 4.98 Å². The summed E-state index contributed by atoms with van der Waals surface area (Å²) in [7, 11) is 0. The quantitative estimate of drug-likeness (QED) is 0.352. The third-order valence-corrected chi connectivity index (χ3v) is 5.08. The fourth-order valence-corrected chi connectivity index (χ4v) is 3.46. The second-order valence-corrected chi connectivity index (χ2v) is 7.17. The summed E-state index contributed by atoms with van der Waals surface area (Å²) in [6.45, 7) is 0. The van der Waals surface area contributed by atoms with E-state index in [1.54, 1.807) is 12.3 Å². The van der Waals surface area contributed by atoms with Gasteiger partial charge < -0.3 is 8.83 Å². The van der Waals surface area contributed by atoms with Gasteiger partial charge in [-0.2, -0.15) is 5.26 Å². The van der Waals surface area contributed by atoms with Crippen LogP contribution in [0.3, 0.4) is 0 Å². The Morgan fingerprint density at radius 1 is 1.12 bits per heavy atom. The van der Waals surface area contributed by atoms with Crippen LogP contribution in [0.1, 0.15) is 10.8 Å². The molecule has 0 aliphatic carbocycles. The standard InChI is InChI=1S/C20H11BrN2O2S/c21-15-5-3-13(4-6-15)18-8-7-16(25-18)10-14(11-22)20-23-17(12-26-20)19-2-1-9-24-19/h1-10,12H. The van der Waals surface area contributed by atoms with Crippen molar-refractivity contribution in [1.29, 1.82) is 5.26 Å². The van der Waals surface area contributed by atoms with Gasteiger partial charge >= 0.3 is 0 Å². The van der Waals surface area contributed by atoms with E-state index in [1.165, 1.54) is 11.3 Å². The number of benzene rings is 1. The normalized spacial score (nSPS) is 11.5. The topological polar surface area (TPSA) is 63.0 Å². The highest BCUT2D eigenvalue weighted by molar-refractivity contribution is 9.10. The van der Waals surface area contributed by atoms with Gasteiger partial charge in [0, 0.05) is 21.5 Å². The fourth-order valence-electron chi connectivity index (χ4n) is 2.42. The lowest BCUT2D eigenvalue weighted by atomic mass is 10.2. The van der Waals surface area contributed by atoms with E-state index in [-0.39, 0.29) is 0 Å². The van der Waals surface area contributed by atoms with Crippen LogP contribution in [0, 0.1) is 11.3 Å². The van der Waals surface area contributed by atoms with Gasteiger partial charge in [-0.15, -0.1) is 11.3 Å². The molecule has 26 heavy (non-hydrogen) atoms. The molecule has 0 saturated heterocycles. The van der Waals surface area contributed by atoms with Crippen molar-refractivity contribution in [2.75, 3.05) is 0 Å². The molecule has 126 valence electrons. The van der Waals surface area contributed by atoms with E-state index in [4.69, 9.17) is 8.83 Å². The van der Waals surface area contributed by atoms with Crippen molar-refractivity contribution in [3.8, 4) is 28.8 Å². The van der Waals surface area contributed by atoms with Crippen LogP contribution in [0.2, 0.25) is 0 Å². The molecule has 0 amide bonds. The van der Waals surface area contributed by atoms with Gasteiger partial charge in [0.1, 0.15) is 28.3 Å². The third kappa shape index (κ3) is 3.40. The zero-order valence-corrected chi connectivity index (χ0v) is 15.8. The second kappa shape index (κ2) is 7.16. The van der Waals surface area contributed by atoms with Gasteiger partial charge in [0.2, 0.25) is 0 Å². The summed E-state index contributed by atoms with van der Waals surface area (Å²) in [5.41, 5.74) is 2.14. The molecule has 1 aromatic carbocycles. The van der Waals surface area contributed by atoms with Crippen molar-refractivity contribution in [3.63, 3.8) is 0 Å². The highest BCUT2D eigenvalue weighted by Crippen LogP contribution is 2.29. The smallest absolute Gasteiger partial charge is 0.153 e. The summed E-state index contributed by atoms with van der Waals surface area (Å²) in [5.74, 6) is 2.03. The van der Waals surface area contributed by atoms with Crippen LogP contribution in [0.25, 0.3) is 34.4 Å². The Labute approximate surface area is 162 Å². The molecule has 0 N–H and O–H groups in total. The predicted octanol–water partition coefficient (Wildman–Crippen LogP) is 6.49. The lowest BCUT2D eigenvalue weighted by Gasteiger charge is -1.97. The van der Waals surface area contributed by atoms with E-state index >= 15 is 0 Å². The lowest BCUT2D eigenvalue weighted by Crippen LogP contribution is -1.81. The molecule has 0 saturated carbocycles. The Balaban J connectivity index is 1.62. The van der Waals surface area contributed by atoms with Crippen LogP contribution in [-0.4, -0.2) is 4.98 Å². The predicted molar refractivity (Wildman–Crippen MR) is 105 cm³/mol. The number of rotatable bonds is 4. The SMILES string of the molecule is N#CC(=Cc1ccc(-c2ccc(Br)cc2)o1)c1nc(-c2ccco2)cs1. The summed E-state index contributed by atoms with van der Waals surface area (Å²) >= 11 is 4.81. The average molecular weight is 423 g/mol. The molecule has 0 fully saturated rings. The first-order valence-electron chi connectivity index (χ1n) is 7.70. The molecule has 3 aromatic heterocycles. The Morgan fingerprint density at radius 2 is 1.96 bits per heavy atom. The third-order valence-electron chi connectivity index (χ3n) is 3.67. The number of hydrogen-bond acceptors (Lipinski definition) is 5. The van der Waals surface area contributed by atoms with Crippen molar-refractivity contribution in [2.45, 2.75) is 0 Å².